The molecular weight excluding hydrogens is 307 g/mol. The standard InChI is InChI=1S/C13H10F3NO3S/c14-10-5-12(16)13(6-11(10)15)17-21(19,20)9-3-1-8(7-18)2-4-9/h1-6,17-18H,7H2. The third kappa shape index (κ3) is 3.34. The van der Waals surface area contributed by atoms with Crippen LogP contribution in [-0.4, -0.2) is 13.5 Å². The van der Waals surface area contributed by atoms with Crippen LogP contribution in [0.15, 0.2) is 41.3 Å². The van der Waals surface area contributed by atoms with Crippen molar-refractivity contribution in [3.05, 3.63) is 59.4 Å². The Hall–Kier alpha value is -2.06. The average Bonchev–Trinajstić information content (AvgIpc) is 2.44. The number of halogens is 3. The second kappa shape index (κ2) is 5.74. The Morgan fingerprint density at radius 1 is 0.952 bits per heavy atom. The second-order valence-electron chi connectivity index (χ2n) is 4.15. The molecule has 0 atom stereocenters. The molecule has 2 aromatic rings. The van der Waals surface area contributed by atoms with Gasteiger partial charge in [-0.2, -0.15) is 0 Å². The largest absolute Gasteiger partial charge is 0.392 e. The SMILES string of the molecule is O=S(=O)(Nc1cc(F)c(F)cc1F)c1ccc(CO)cc1. The number of anilines is 1. The summed E-state index contributed by atoms with van der Waals surface area (Å²) in [6.07, 6.45) is 0. The number of aliphatic hydroxyl groups excluding tert-OH is 1. The van der Waals surface area contributed by atoms with Gasteiger partial charge in [-0.25, -0.2) is 21.6 Å². The zero-order chi connectivity index (χ0) is 15.6. The minimum Gasteiger partial charge on any atom is -0.392 e. The molecule has 2 rings (SSSR count). The minimum atomic E-state index is -4.15. The van der Waals surface area contributed by atoms with Crippen LogP contribution in [0.3, 0.4) is 0 Å². The van der Waals surface area contributed by atoms with Gasteiger partial charge in [0.25, 0.3) is 10.0 Å². The van der Waals surface area contributed by atoms with Gasteiger partial charge in [-0.15, -0.1) is 0 Å². The van der Waals surface area contributed by atoms with Crippen molar-refractivity contribution in [2.75, 3.05) is 4.72 Å². The van der Waals surface area contributed by atoms with Gasteiger partial charge in [0.2, 0.25) is 0 Å². The van der Waals surface area contributed by atoms with E-state index in [2.05, 4.69) is 0 Å². The number of nitrogens with one attached hydrogen (secondary N) is 1. The van der Waals surface area contributed by atoms with Crippen LogP contribution in [-0.2, 0) is 16.6 Å². The molecule has 0 unspecified atom stereocenters. The molecule has 0 saturated carbocycles. The number of benzene rings is 2. The lowest BCUT2D eigenvalue weighted by molar-refractivity contribution is 0.282. The van der Waals surface area contributed by atoms with Gasteiger partial charge >= 0.3 is 0 Å². The first-order valence-corrected chi connectivity index (χ1v) is 7.19. The lowest BCUT2D eigenvalue weighted by atomic mass is 10.2. The second-order valence-corrected chi connectivity index (χ2v) is 5.84. The van der Waals surface area contributed by atoms with Gasteiger partial charge in [-0.1, -0.05) is 12.1 Å². The van der Waals surface area contributed by atoms with Gasteiger partial charge < -0.3 is 5.11 Å². The lowest BCUT2D eigenvalue weighted by Gasteiger charge is -2.09. The Morgan fingerprint density at radius 2 is 1.52 bits per heavy atom. The summed E-state index contributed by atoms with van der Waals surface area (Å²) in [6.45, 7) is -0.258. The van der Waals surface area contributed by atoms with Crippen molar-refractivity contribution in [2.45, 2.75) is 11.5 Å². The molecule has 21 heavy (non-hydrogen) atoms. The summed E-state index contributed by atoms with van der Waals surface area (Å²) in [6, 6.07) is 5.82. The molecule has 2 aromatic carbocycles. The predicted molar refractivity (Wildman–Crippen MR) is 69.5 cm³/mol. The molecule has 0 aliphatic heterocycles. The highest BCUT2D eigenvalue weighted by Crippen LogP contribution is 2.22. The Morgan fingerprint density at radius 3 is 2.10 bits per heavy atom. The number of hydrogen-bond donors (Lipinski definition) is 2. The smallest absolute Gasteiger partial charge is 0.261 e. The molecule has 4 nitrogen and oxygen atoms in total. The summed E-state index contributed by atoms with van der Waals surface area (Å²) >= 11 is 0. The molecular formula is C13H10F3NO3S. The molecule has 0 spiro atoms. The molecule has 0 saturated heterocycles. The topological polar surface area (TPSA) is 66.4 Å². The Balaban J connectivity index is 2.34. The third-order valence-corrected chi connectivity index (χ3v) is 4.05. The van der Waals surface area contributed by atoms with Gasteiger partial charge in [-0.3, -0.25) is 4.72 Å². The Labute approximate surface area is 118 Å². The van der Waals surface area contributed by atoms with E-state index >= 15 is 0 Å². The van der Waals surface area contributed by atoms with E-state index in [1.807, 2.05) is 4.72 Å². The molecule has 8 heteroatoms. The quantitative estimate of drug-likeness (QED) is 0.851. The number of aliphatic hydroxyl groups is 1. The first kappa shape index (κ1) is 15.3. The molecule has 0 aromatic heterocycles. The summed E-state index contributed by atoms with van der Waals surface area (Å²) < 4.78 is 65.1. The normalized spacial score (nSPS) is 11.4. The highest BCUT2D eigenvalue weighted by molar-refractivity contribution is 7.92. The molecule has 0 heterocycles. The van der Waals surface area contributed by atoms with Gasteiger partial charge in [0.15, 0.2) is 11.6 Å². The van der Waals surface area contributed by atoms with E-state index in [1.54, 1.807) is 0 Å². The van der Waals surface area contributed by atoms with Crippen LogP contribution >= 0.6 is 0 Å². The molecule has 112 valence electrons. The highest BCUT2D eigenvalue weighted by Gasteiger charge is 2.18. The fourth-order valence-corrected chi connectivity index (χ4v) is 2.64. The van der Waals surface area contributed by atoms with E-state index in [0.29, 0.717) is 11.6 Å². The van der Waals surface area contributed by atoms with Gasteiger partial charge in [0.1, 0.15) is 5.82 Å². The van der Waals surface area contributed by atoms with Crippen LogP contribution in [0.4, 0.5) is 18.9 Å². The van der Waals surface area contributed by atoms with E-state index in [4.69, 9.17) is 5.11 Å². The van der Waals surface area contributed by atoms with Crippen molar-refractivity contribution in [3.63, 3.8) is 0 Å². The van der Waals surface area contributed by atoms with Crippen LogP contribution in [0.25, 0.3) is 0 Å². The summed E-state index contributed by atoms with van der Waals surface area (Å²) in [5, 5.41) is 8.87. The molecule has 0 fully saturated rings. The third-order valence-electron chi connectivity index (χ3n) is 2.67. The maximum atomic E-state index is 13.4. The molecule has 0 amide bonds. The monoisotopic (exact) mass is 317 g/mol. The summed E-state index contributed by atoms with van der Waals surface area (Å²) in [5.74, 6) is -4.02. The van der Waals surface area contributed by atoms with Crippen LogP contribution in [0.1, 0.15) is 5.56 Å². The van der Waals surface area contributed by atoms with Crippen molar-refractivity contribution >= 4 is 15.7 Å². The van der Waals surface area contributed by atoms with Crippen molar-refractivity contribution in [2.24, 2.45) is 0 Å². The number of rotatable bonds is 4. The van der Waals surface area contributed by atoms with Crippen LogP contribution in [0.5, 0.6) is 0 Å². The summed E-state index contributed by atoms with van der Waals surface area (Å²) in [4.78, 5) is -0.205. The minimum absolute atomic E-state index is 0.205. The number of sulfonamides is 1. The Kier molecular flexibility index (Phi) is 4.19. The van der Waals surface area contributed by atoms with E-state index in [9.17, 15) is 21.6 Å². The van der Waals surface area contributed by atoms with E-state index in [0.717, 1.165) is 0 Å². The van der Waals surface area contributed by atoms with Crippen LogP contribution < -0.4 is 4.72 Å². The van der Waals surface area contributed by atoms with Gasteiger partial charge in [0, 0.05) is 12.1 Å². The zero-order valence-electron chi connectivity index (χ0n) is 10.5. The fourth-order valence-electron chi connectivity index (χ4n) is 1.58. The maximum Gasteiger partial charge on any atom is 0.261 e. The van der Waals surface area contributed by atoms with Crippen molar-refractivity contribution in [1.82, 2.24) is 0 Å². The first-order valence-electron chi connectivity index (χ1n) is 5.70. The molecule has 0 aliphatic carbocycles. The van der Waals surface area contributed by atoms with Gasteiger partial charge in [0.05, 0.1) is 17.2 Å². The van der Waals surface area contributed by atoms with Gasteiger partial charge in [-0.05, 0) is 17.7 Å². The van der Waals surface area contributed by atoms with Crippen LogP contribution in [0.2, 0.25) is 0 Å². The van der Waals surface area contributed by atoms with E-state index in [-0.39, 0.29) is 17.6 Å². The summed E-state index contributed by atoms with van der Waals surface area (Å²) in [5.41, 5.74) is -0.201. The Bertz CT molecular complexity index is 761. The first-order chi connectivity index (χ1) is 9.83. The molecule has 0 aliphatic rings. The predicted octanol–water partition coefficient (Wildman–Crippen LogP) is 2.40. The number of hydrogen-bond acceptors (Lipinski definition) is 3. The van der Waals surface area contributed by atoms with E-state index in [1.165, 1.54) is 24.3 Å². The van der Waals surface area contributed by atoms with Crippen molar-refractivity contribution in [1.29, 1.82) is 0 Å². The highest BCUT2D eigenvalue weighted by atomic mass is 32.2. The van der Waals surface area contributed by atoms with Crippen molar-refractivity contribution < 1.29 is 26.7 Å². The maximum absolute atomic E-state index is 13.4. The van der Waals surface area contributed by atoms with Crippen molar-refractivity contribution in [3.8, 4) is 0 Å². The van der Waals surface area contributed by atoms with E-state index < -0.39 is 33.2 Å². The van der Waals surface area contributed by atoms with Crippen LogP contribution in [0, 0.1) is 17.5 Å². The molecule has 0 bridgehead atoms. The average molecular weight is 317 g/mol. The molecule has 0 radical (unpaired) electrons. The zero-order valence-corrected chi connectivity index (χ0v) is 11.3. The molecule has 2 N–H and O–H groups in total. The lowest BCUT2D eigenvalue weighted by Crippen LogP contribution is -2.14. The summed E-state index contributed by atoms with van der Waals surface area (Å²) in [7, 11) is -4.15. The fraction of sp³-hybridized carbons (Fsp3) is 0.0769.